The molecule has 7 heteroatoms. The van der Waals surface area contributed by atoms with Crippen LogP contribution in [-0.2, 0) is 0 Å². The molecule has 0 radical (unpaired) electrons. The lowest BCUT2D eigenvalue weighted by atomic mass is 10.2. The highest BCUT2D eigenvalue weighted by molar-refractivity contribution is 9.10. The van der Waals surface area contributed by atoms with Gasteiger partial charge in [0.25, 0.3) is 0 Å². The largest absolute Gasteiger partial charge is 0.253 e. The lowest BCUT2D eigenvalue weighted by Gasteiger charge is -1.99. The maximum absolute atomic E-state index is 5.21. The minimum absolute atomic E-state index is 0.418. The van der Waals surface area contributed by atoms with E-state index in [1.54, 1.807) is 17.1 Å². The van der Waals surface area contributed by atoms with E-state index < -0.39 is 0 Å². The second-order valence-electron chi connectivity index (χ2n) is 4.18. The van der Waals surface area contributed by atoms with E-state index >= 15 is 0 Å². The smallest absolute Gasteiger partial charge is 0.216 e. The van der Waals surface area contributed by atoms with Crippen LogP contribution in [0.15, 0.2) is 58.2 Å². The average Bonchev–Trinajstić information content (AvgIpc) is 2.87. The molecule has 0 aliphatic heterocycles. The normalized spacial score (nSPS) is 11.1. The maximum atomic E-state index is 5.21. The molecule has 2 aromatic heterocycles. The third-order valence-corrected chi connectivity index (χ3v) is 3.47. The van der Waals surface area contributed by atoms with Crippen LogP contribution in [0, 0.1) is 4.77 Å². The Hall–Kier alpha value is -2.12. The Morgan fingerprint density at radius 2 is 2.14 bits per heavy atom. The molecule has 2 heterocycles. The molecular weight excluding hydrogens is 350 g/mol. The van der Waals surface area contributed by atoms with Crippen molar-refractivity contribution in [1.29, 1.82) is 0 Å². The minimum Gasteiger partial charge on any atom is -0.253 e. The molecule has 0 amide bonds. The predicted octanol–water partition coefficient (Wildman–Crippen LogP) is 3.65. The van der Waals surface area contributed by atoms with Gasteiger partial charge in [0.1, 0.15) is 5.69 Å². The van der Waals surface area contributed by atoms with Gasteiger partial charge < -0.3 is 0 Å². The second-order valence-corrected chi connectivity index (χ2v) is 5.48. The zero-order chi connectivity index (χ0) is 14.7. The van der Waals surface area contributed by atoms with Gasteiger partial charge in [-0.3, -0.25) is 4.98 Å². The Kier molecular flexibility index (Phi) is 4.03. The first-order valence-corrected chi connectivity index (χ1v) is 7.33. The minimum atomic E-state index is 0.418. The molecule has 0 saturated carbocycles. The molecule has 3 rings (SSSR count). The number of pyridine rings is 1. The molecule has 0 fully saturated rings. The molecule has 0 aliphatic carbocycles. The first-order chi connectivity index (χ1) is 10.2. The monoisotopic (exact) mass is 359 g/mol. The van der Waals surface area contributed by atoms with Crippen molar-refractivity contribution >= 4 is 34.4 Å². The van der Waals surface area contributed by atoms with E-state index in [4.69, 9.17) is 12.2 Å². The molecule has 1 N–H and O–H groups in total. The lowest BCUT2D eigenvalue weighted by molar-refractivity contribution is 0.867. The van der Waals surface area contributed by atoms with E-state index in [2.05, 4.69) is 36.2 Å². The summed E-state index contributed by atoms with van der Waals surface area (Å²) in [6.45, 7) is 0. The molecule has 1 aromatic carbocycles. The number of H-pyrrole nitrogens is 1. The van der Waals surface area contributed by atoms with Crippen LogP contribution in [0.1, 0.15) is 5.56 Å². The van der Waals surface area contributed by atoms with E-state index in [0.29, 0.717) is 16.3 Å². The fourth-order valence-electron chi connectivity index (χ4n) is 1.77. The number of nitrogens with one attached hydrogen (secondary N) is 1. The highest BCUT2D eigenvalue weighted by Crippen LogP contribution is 2.14. The Labute approximate surface area is 134 Å². The van der Waals surface area contributed by atoms with Crippen LogP contribution in [0.4, 0.5) is 0 Å². The molecule has 21 heavy (non-hydrogen) atoms. The van der Waals surface area contributed by atoms with Crippen molar-refractivity contribution in [2.75, 3.05) is 0 Å². The van der Waals surface area contributed by atoms with Crippen LogP contribution in [0.3, 0.4) is 0 Å². The first-order valence-electron chi connectivity index (χ1n) is 6.13. The number of aromatic nitrogens is 4. The highest BCUT2D eigenvalue weighted by atomic mass is 79.9. The lowest BCUT2D eigenvalue weighted by Crippen LogP contribution is -1.96. The summed E-state index contributed by atoms with van der Waals surface area (Å²) in [6, 6.07) is 13.4. The third kappa shape index (κ3) is 3.14. The van der Waals surface area contributed by atoms with Crippen molar-refractivity contribution < 1.29 is 0 Å². The number of benzene rings is 1. The van der Waals surface area contributed by atoms with Crippen LogP contribution >= 0.6 is 28.1 Å². The van der Waals surface area contributed by atoms with E-state index in [9.17, 15) is 0 Å². The zero-order valence-corrected chi connectivity index (χ0v) is 13.2. The fraction of sp³-hybridized carbons (Fsp3) is 0. The van der Waals surface area contributed by atoms with Crippen LogP contribution in [0.2, 0.25) is 0 Å². The second kappa shape index (κ2) is 6.11. The summed E-state index contributed by atoms with van der Waals surface area (Å²) in [7, 11) is 0. The van der Waals surface area contributed by atoms with E-state index in [-0.39, 0.29) is 0 Å². The quantitative estimate of drug-likeness (QED) is 0.573. The number of nitrogens with zero attached hydrogens (tertiary/aromatic N) is 4. The molecular formula is C14H10BrN5S. The van der Waals surface area contributed by atoms with Crippen LogP contribution in [0.5, 0.6) is 0 Å². The van der Waals surface area contributed by atoms with Gasteiger partial charge in [0.15, 0.2) is 0 Å². The standard InChI is InChI=1S/C14H10BrN5S/c15-11-5-3-4-10(8-11)9-17-20-13(18-19-14(20)21)12-6-1-2-7-16-12/h1-9H,(H,19,21). The molecule has 0 bridgehead atoms. The molecule has 0 aliphatic rings. The van der Waals surface area contributed by atoms with Gasteiger partial charge in [0.2, 0.25) is 10.6 Å². The maximum Gasteiger partial charge on any atom is 0.216 e. The Morgan fingerprint density at radius 1 is 1.24 bits per heavy atom. The Balaban J connectivity index is 2.00. The summed E-state index contributed by atoms with van der Waals surface area (Å²) >= 11 is 8.64. The summed E-state index contributed by atoms with van der Waals surface area (Å²) < 4.78 is 2.97. The Bertz CT molecular complexity index is 838. The summed E-state index contributed by atoms with van der Waals surface area (Å²) in [4.78, 5) is 4.26. The highest BCUT2D eigenvalue weighted by Gasteiger charge is 2.08. The molecule has 0 spiro atoms. The first kappa shape index (κ1) is 13.8. The topological polar surface area (TPSA) is 58.9 Å². The van der Waals surface area contributed by atoms with E-state index in [1.165, 1.54) is 0 Å². The summed E-state index contributed by atoms with van der Waals surface area (Å²) in [5.74, 6) is 0.576. The number of halogens is 1. The van der Waals surface area contributed by atoms with Crippen molar-refractivity contribution in [3.05, 3.63) is 63.5 Å². The number of hydrogen-bond donors (Lipinski definition) is 1. The molecule has 0 atom stereocenters. The van der Waals surface area contributed by atoms with Crippen molar-refractivity contribution in [2.24, 2.45) is 5.10 Å². The van der Waals surface area contributed by atoms with Gasteiger partial charge in [0.05, 0.1) is 6.21 Å². The molecule has 0 saturated heterocycles. The van der Waals surface area contributed by atoms with Gasteiger partial charge in [-0.15, -0.1) is 0 Å². The SMILES string of the molecule is S=c1[nH]nc(-c2ccccn2)n1N=Cc1cccc(Br)c1. The van der Waals surface area contributed by atoms with Crippen LogP contribution in [0.25, 0.3) is 11.5 Å². The summed E-state index contributed by atoms with van der Waals surface area (Å²) in [5.41, 5.74) is 1.66. The van der Waals surface area contributed by atoms with E-state index in [1.807, 2.05) is 42.5 Å². The number of hydrogen-bond acceptors (Lipinski definition) is 4. The van der Waals surface area contributed by atoms with Gasteiger partial charge in [-0.05, 0) is 42.0 Å². The zero-order valence-electron chi connectivity index (χ0n) is 10.8. The van der Waals surface area contributed by atoms with Gasteiger partial charge >= 0.3 is 0 Å². The molecule has 5 nitrogen and oxygen atoms in total. The molecule has 0 unspecified atom stereocenters. The predicted molar refractivity (Wildman–Crippen MR) is 87.8 cm³/mol. The van der Waals surface area contributed by atoms with Crippen molar-refractivity contribution in [1.82, 2.24) is 19.9 Å². The van der Waals surface area contributed by atoms with Crippen molar-refractivity contribution in [3.63, 3.8) is 0 Å². The van der Waals surface area contributed by atoms with Crippen LogP contribution in [-0.4, -0.2) is 26.1 Å². The number of rotatable bonds is 3. The fourth-order valence-corrected chi connectivity index (χ4v) is 2.37. The van der Waals surface area contributed by atoms with E-state index in [0.717, 1.165) is 10.0 Å². The molecule has 104 valence electrons. The van der Waals surface area contributed by atoms with Gasteiger partial charge in [-0.2, -0.15) is 14.9 Å². The van der Waals surface area contributed by atoms with Gasteiger partial charge in [-0.1, -0.05) is 34.1 Å². The van der Waals surface area contributed by atoms with Crippen molar-refractivity contribution in [2.45, 2.75) is 0 Å². The summed E-state index contributed by atoms with van der Waals surface area (Å²) in [5, 5.41) is 11.3. The Morgan fingerprint density at radius 3 is 2.90 bits per heavy atom. The van der Waals surface area contributed by atoms with Gasteiger partial charge in [0, 0.05) is 10.7 Å². The summed E-state index contributed by atoms with van der Waals surface area (Å²) in [6.07, 6.45) is 3.43. The van der Waals surface area contributed by atoms with Crippen LogP contribution < -0.4 is 0 Å². The van der Waals surface area contributed by atoms with Gasteiger partial charge in [-0.25, -0.2) is 5.10 Å². The van der Waals surface area contributed by atoms with Crippen molar-refractivity contribution in [3.8, 4) is 11.5 Å². The average molecular weight is 360 g/mol. The number of aromatic amines is 1. The third-order valence-electron chi connectivity index (χ3n) is 2.72. The molecule has 3 aromatic rings.